The minimum Gasteiger partial charge on any atom is -0.368 e. The molecule has 5 rings (SSSR count). The van der Waals surface area contributed by atoms with Crippen LogP contribution >= 0.6 is 11.3 Å². The van der Waals surface area contributed by atoms with Gasteiger partial charge in [-0.25, -0.2) is 4.98 Å². The van der Waals surface area contributed by atoms with Gasteiger partial charge >= 0.3 is 0 Å². The molecule has 0 saturated carbocycles. The molecule has 0 spiro atoms. The number of rotatable bonds is 4. The van der Waals surface area contributed by atoms with Crippen LogP contribution in [0.1, 0.15) is 33.9 Å². The number of amides is 2. The van der Waals surface area contributed by atoms with E-state index in [0.717, 1.165) is 29.0 Å². The predicted molar refractivity (Wildman–Crippen MR) is 110 cm³/mol. The highest BCUT2D eigenvalue weighted by Crippen LogP contribution is 2.30. The van der Waals surface area contributed by atoms with Gasteiger partial charge in [-0.2, -0.15) is 0 Å². The van der Waals surface area contributed by atoms with Gasteiger partial charge in [-0.15, -0.1) is 0 Å². The van der Waals surface area contributed by atoms with E-state index in [2.05, 4.69) is 15.5 Å². The molecule has 9 heteroatoms. The van der Waals surface area contributed by atoms with Crippen LogP contribution in [0.3, 0.4) is 0 Å². The fourth-order valence-corrected chi connectivity index (χ4v) is 4.70. The first kappa shape index (κ1) is 19.0. The van der Waals surface area contributed by atoms with Crippen molar-refractivity contribution in [2.24, 2.45) is 0 Å². The second-order valence-corrected chi connectivity index (χ2v) is 8.38. The number of aromatic nitrogens is 2. The van der Waals surface area contributed by atoms with Gasteiger partial charge < -0.3 is 14.2 Å². The number of carbonyl (C=O) groups is 2. The van der Waals surface area contributed by atoms with E-state index < -0.39 is 6.10 Å². The van der Waals surface area contributed by atoms with Crippen molar-refractivity contribution in [2.75, 3.05) is 18.5 Å². The lowest BCUT2D eigenvalue weighted by Gasteiger charge is -2.25. The van der Waals surface area contributed by atoms with E-state index >= 15 is 0 Å². The molecule has 1 aromatic carbocycles. The van der Waals surface area contributed by atoms with Crippen molar-refractivity contribution in [1.82, 2.24) is 15.0 Å². The highest BCUT2D eigenvalue weighted by atomic mass is 32.1. The minimum atomic E-state index is -0.394. The Balaban J connectivity index is 1.26. The summed E-state index contributed by atoms with van der Waals surface area (Å²) in [6.45, 7) is 1.61. The lowest BCUT2D eigenvalue weighted by Crippen LogP contribution is -2.35. The standard InChI is InChI=1S/C21H20N4O4S/c26-19(16-7-4-10-28-16)23-21-22-14-8-9-25(12-18(14)30-21)20(27)15-11-17(29-24-15)13-5-2-1-3-6-13/h1-3,5-6,11,16H,4,7-10,12H2,(H,22,23,26)/t16-/m0/s1. The zero-order valence-electron chi connectivity index (χ0n) is 16.2. The average Bonchev–Trinajstić information content (AvgIpc) is 3.53. The smallest absolute Gasteiger partial charge is 0.276 e. The van der Waals surface area contributed by atoms with Gasteiger partial charge in [0.1, 0.15) is 6.10 Å². The van der Waals surface area contributed by atoms with Crippen LogP contribution in [0, 0.1) is 0 Å². The molecule has 2 aliphatic rings. The average molecular weight is 424 g/mol. The molecule has 1 fully saturated rings. The van der Waals surface area contributed by atoms with Crippen LogP contribution in [0.5, 0.6) is 0 Å². The van der Waals surface area contributed by atoms with Crippen LogP contribution in [-0.2, 0) is 22.5 Å². The molecule has 3 aromatic rings. The number of nitrogens with one attached hydrogen (secondary N) is 1. The summed E-state index contributed by atoms with van der Waals surface area (Å²) < 4.78 is 10.8. The molecular weight excluding hydrogens is 404 g/mol. The van der Waals surface area contributed by atoms with Gasteiger partial charge in [0.2, 0.25) is 0 Å². The summed E-state index contributed by atoms with van der Waals surface area (Å²) in [5.74, 6) is 0.237. The summed E-state index contributed by atoms with van der Waals surface area (Å²) >= 11 is 1.40. The van der Waals surface area contributed by atoms with Crippen molar-refractivity contribution in [2.45, 2.75) is 31.9 Å². The van der Waals surface area contributed by atoms with Gasteiger partial charge in [-0.3, -0.25) is 14.9 Å². The lowest BCUT2D eigenvalue weighted by atomic mass is 10.1. The molecule has 1 N–H and O–H groups in total. The number of thiazole rings is 1. The predicted octanol–water partition coefficient (Wildman–Crippen LogP) is 3.11. The van der Waals surface area contributed by atoms with Gasteiger partial charge in [0.05, 0.1) is 12.2 Å². The fourth-order valence-electron chi connectivity index (χ4n) is 3.67. The second-order valence-electron chi connectivity index (χ2n) is 7.30. The van der Waals surface area contributed by atoms with Gasteiger partial charge in [0.25, 0.3) is 11.8 Å². The highest BCUT2D eigenvalue weighted by Gasteiger charge is 2.29. The molecule has 30 heavy (non-hydrogen) atoms. The van der Waals surface area contributed by atoms with Crippen molar-refractivity contribution in [3.63, 3.8) is 0 Å². The summed E-state index contributed by atoms with van der Waals surface area (Å²) in [6, 6.07) is 11.2. The van der Waals surface area contributed by atoms with Gasteiger partial charge in [0.15, 0.2) is 16.6 Å². The van der Waals surface area contributed by atoms with Crippen molar-refractivity contribution in [3.05, 3.63) is 52.7 Å². The first-order chi connectivity index (χ1) is 14.7. The monoisotopic (exact) mass is 424 g/mol. The molecule has 4 heterocycles. The number of benzene rings is 1. The Morgan fingerprint density at radius 2 is 2.10 bits per heavy atom. The summed E-state index contributed by atoms with van der Waals surface area (Å²) in [5, 5.41) is 7.37. The minimum absolute atomic E-state index is 0.150. The Morgan fingerprint density at radius 3 is 2.90 bits per heavy atom. The summed E-state index contributed by atoms with van der Waals surface area (Å²) in [6.07, 6.45) is 1.88. The Morgan fingerprint density at radius 1 is 1.23 bits per heavy atom. The Labute approximate surface area is 176 Å². The van der Waals surface area contributed by atoms with Crippen LogP contribution in [-0.4, -0.2) is 46.1 Å². The maximum Gasteiger partial charge on any atom is 0.276 e. The molecule has 0 unspecified atom stereocenters. The molecule has 154 valence electrons. The number of anilines is 1. The van der Waals surface area contributed by atoms with Gasteiger partial charge in [0, 0.05) is 36.1 Å². The van der Waals surface area contributed by atoms with Gasteiger partial charge in [-0.1, -0.05) is 46.8 Å². The van der Waals surface area contributed by atoms with Crippen LogP contribution in [0.4, 0.5) is 5.13 Å². The van der Waals surface area contributed by atoms with E-state index in [1.54, 1.807) is 11.0 Å². The van der Waals surface area contributed by atoms with Crippen molar-refractivity contribution in [3.8, 4) is 11.3 Å². The van der Waals surface area contributed by atoms with E-state index in [1.165, 1.54) is 11.3 Å². The number of ether oxygens (including phenoxy) is 1. The summed E-state index contributed by atoms with van der Waals surface area (Å²) in [7, 11) is 0. The maximum atomic E-state index is 12.9. The molecule has 2 aliphatic heterocycles. The fraction of sp³-hybridized carbons (Fsp3) is 0.333. The molecule has 0 bridgehead atoms. The molecular formula is C21H20N4O4S. The third-order valence-electron chi connectivity index (χ3n) is 5.26. The Hall–Kier alpha value is -3.04. The molecule has 0 aliphatic carbocycles. The molecule has 2 aromatic heterocycles. The number of nitrogens with zero attached hydrogens (tertiary/aromatic N) is 3. The summed E-state index contributed by atoms with van der Waals surface area (Å²) in [4.78, 5) is 32.4. The molecule has 1 atom stereocenters. The summed E-state index contributed by atoms with van der Waals surface area (Å²) in [5.41, 5.74) is 2.09. The van der Waals surface area contributed by atoms with Crippen molar-refractivity contribution in [1.29, 1.82) is 0 Å². The molecule has 1 saturated heterocycles. The maximum absolute atomic E-state index is 12.9. The number of carbonyl (C=O) groups excluding carboxylic acids is 2. The van der Waals surface area contributed by atoms with Crippen LogP contribution in [0.25, 0.3) is 11.3 Å². The van der Waals surface area contributed by atoms with Crippen LogP contribution < -0.4 is 5.32 Å². The molecule has 0 radical (unpaired) electrons. The zero-order valence-corrected chi connectivity index (χ0v) is 17.0. The first-order valence-electron chi connectivity index (χ1n) is 9.90. The lowest BCUT2D eigenvalue weighted by molar-refractivity contribution is -0.124. The number of fused-ring (bicyclic) bond motifs is 1. The highest BCUT2D eigenvalue weighted by molar-refractivity contribution is 7.15. The quantitative estimate of drug-likeness (QED) is 0.691. The second kappa shape index (κ2) is 8.00. The van der Waals surface area contributed by atoms with E-state index in [-0.39, 0.29) is 17.5 Å². The molecule has 8 nitrogen and oxygen atoms in total. The van der Waals surface area contributed by atoms with E-state index in [4.69, 9.17) is 9.26 Å². The third kappa shape index (κ3) is 3.73. The van der Waals surface area contributed by atoms with E-state index in [0.29, 0.717) is 37.0 Å². The largest absolute Gasteiger partial charge is 0.368 e. The van der Waals surface area contributed by atoms with E-state index in [9.17, 15) is 9.59 Å². The van der Waals surface area contributed by atoms with Crippen LogP contribution in [0.15, 0.2) is 40.9 Å². The number of hydrogen-bond acceptors (Lipinski definition) is 7. The van der Waals surface area contributed by atoms with Crippen molar-refractivity contribution < 1.29 is 18.8 Å². The van der Waals surface area contributed by atoms with Gasteiger partial charge in [-0.05, 0) is 12.8 Å². The third-order valence-corrected chi connectivity index (χ3v) is 6.26. The topological polar surface area (TPSA) is 97.6 Å². The zero-order chi connectivity index (χ0) is 20.5. The van der Waals surface area contributed by atoms with Crippen LogP contribution in [0.2, 0.25) is 0 Å². The Bertz CT molecular complexity index is 1070. The first-order valence-corrected chi connectivity index (χ1v) is 10.7. The van der Waals surface area contributed by atoms with E-state index in [1.807, 2.05) is 30.3 Å². The SMILES string of the molecule is O=C(Nc1nc2c(s1)CN(C(=O)c1cc(-c3ccccc3)on1)CC2)[C@@H]1CCCO1. The number of hydrogen-bond donors (Lipinski definition) is 1. The molecule has 2 amide bonds. The Kier molecular flexibility index (Phi) is 5.06. The normalized spacial score (nSPS) is 18.3. The van der Waals surface area contributed by atoms with Crippen molar-refractivity contribution >= 4 is 28.3 Å².